The van der Waals surface area contributed by atoms with Crippen molar-refractivity contribution in [3.05, 3.63) is 59.2 Å². The highest BCUT2D eigenvalue weighted by atomic mass is 16.5. The molecule has 5 heteroatoms. The van der Waals surface area contributed by atoms with E-state index in [4.69, 9.17) is 9.47 Å². The highest BCUT2D eigenvalue weighted by molar-refractivity contribution is 5.76. The van der Waals surface area contributed by atoms with Crippen LogP contribution < -0.4 is 9.47 Å². The van der Waals surface area contributed by atoms with E-state index in [0.29, 0.717) is 19.6 Å². The molecule has 0 radical (unpaired) electrons. The fraction of sp³-hybridized carbons (Fsp3) is 0.435. The molecule has 0 unspecified atom stereocenters. The molecule has 5 nitrogen and oxygen atoms in total. The molecule has 0 bridgehead atoms. The number of methoxy groups -OCH3 is 1. The Labute approximate surface area is 167 Å². The number of nitrogens with zero attached hydrogens (tertiary/aromatic N) is 2. The van der Waals surface area contributed by atoms with E-state index in [2.05, 4.69) is 24.8 Å². The number of benzene rings is 2. The number of hydrogen-bond acceptors (Lipinski definition) is 4. The maximum Gasteiger partial charge on any atom is 0.224 e. The second kappa shape index (κ2) is 9.60. The van der Waals surface area contributed by atoms with Crippen molar-refractivity contribution < 1.29 is 14.3 Å². The molecule has 1 aliphatic rings. The first-order chi connectivity index (χ1) is 13.6. The Hall–Kier alpha value is -2.53. The molecule has 1 amide bonds. The summed E-state index contributed by atoms with van der Waals surface area (Å²) in [5, 5.41) is 0. The first-order valence-electron chi connectivity index (χ1n) is 9.89. The Kier molecular flexibility index (Phi) is 6.93. The Balaban J connectivity index is 1.53. The lowest BCUT2D eigenvalue weighted by Crippen LogP contribution is -2.36. The molecule has 1 saturated heterocycles. The maximum absolute atomic E-state index is 12.5. The van der Waals surface area contributed by atoms with Crippen molar-refractivity contribution in [1.82, 2.24) is 9.80 Å². The van der Waals surface area contributed by atoms with Crippen LogP contribution in [0.3, 0.4) is 0 Å². The first-order valence-corrected chi connectivity index (χ1v) is 9.89. The van der Waals surface area contributed by atoms with E-state index < -0.39 is 0 Å². The standard InChI is InChI=1S/C23H30N2O3/c1-18-19(2)22(27-3)10-9-20(18)17-24-12-11-23(26)25(14-13-24)15-16-28-21-7-5-4-6-8-21/h4-10H,11-17H2,1-3H3. The van der Waals surface area contributed by atoms with Crippen LogP contribution in [0.15, 0.2) is 42.5 Å². The van der Waals surface area contributed by atoms with Gasteiger partial charge in [-0.05, 0) is 48.7 Å². The van der Waals surface area contributed by atoms with Gasteiger partial charge in [0.2, 0.25) is 5.91 Å². The molecule has 1 aliphatic heterocycles. The molecular formula is C23H30N2O3. The first kappa shape index (κ1) is 20.2. The highest BCUT2D eigenvalue weighted by Gasteiger charge is 2.21. The summed E-state index contributed by atoms with van der Waals surface area (Å²) in [5.74, 6) is 1.98. The number of carbonyl (C=O) groups excluding carboxylic acids is 1. The van der Waals surface area contributed by atoms with E-state index in [1.807, 2.05) is 41.3 Å². The van der Waals surface area contributed by atoms with Crippen molar-refractivity contribution in [2.45, 2.75) is 26.8 Å². The summed E-state index contributed by atoms with van der Waals surface area (Å²) in [4.78, 5) is 16.8. The van der Waals surface area contributed by atoms with Crippen LogP contribution in [-0.2, 0) is 11.3 Å². The molecule has 150 valence electrons. The van der Waals surface area contributed by atoms with Crippen molar-refractivity contribution in [3.63, 3.8) is 0 Å². The number of para-hydroxylation sites is 1. The Morgan fingerprint density at radius 2 is 1.75 bits per heavy atom. The third kappa shape index (κ3) is 5.04. The molecule has 0 aliphatic carbocycles. The van der Waals surface area contributed by atoms with E-state index in [-0.39, 0.29) is 5.91 Å². The minimum atomic E-state index is 0.210. The van der Waals surface area contributed by atoms with E-state index in [9.17, 15) is 4.79 Å². The number of carbonyl (C=O) groups is 1. The molecule has 2 aromatic carbocycles. The van der Waals surface area contributed by atoms with Gasteiger partial charge >= 0.3 is 0 Å². The molecule has 1 fully saturated rings. The SMILES string of the molecule is COc1ccc(CN2CCC(=O)N(CCOc3ccccc3)CC2)c(C)c1C. The van der Waals surface area contributed by atoms with Gasteiger partial charge in [0, 0.05) is 32.6 Å². The molecule has 0 N–H and O–H groups in total. The molecule has 0 aromatic heterocycles. The van der Waals surface area contributed by atoms with Gasteiger partial charge in [0.25, 0.3) is 0 Å². The highest BCUT2D eigenvalue weighted by Crippen LogP contribution is 2.25. The van der Waals surface area contributed by atoms with Crippen LogP contribution in [-0.4, -0.2) is 55.6 Å². The molecule has 3 rings (SSSR count). The lowest BCUT2D eigenvalue weighted by atomic mass is 10.0. The van der Waals surface area contributed by atoms with Gasteiger partial charge in [-0.1, -0.05) is 24.3 Å². The molecule has 28 heavy (non-hydrogen) atoms. The smallest absolute Gasteiger partial charge is 0.224 e. The van der Waals surface area contributed by atoms with E-state index in [1.165, 1.54) is 16.7 Å². The summed E-state index contributed by atoms with van der Waals surface area (Å²) in [6.07, 6.45) is 0.555. The van der Waals surface area contributed by atoms with E-state index >= 15 is 0 Å². The topological polar surface area (TPSA) is 42.0 Å². The lowest BCUT2D eigenvalue weighted by molar-refractivity contribution is -0.130. The predicted molar refractivity (Wildman–Crippen MR) is 111 cm³/mol. The van der Waals surface area contributed by atoms with Crippen molar-refractivity contribution in [2.24, 2.45) is 0 Å². The number of rotatable bonds is 7. The number of ether oxygens (including phenoxy) is 2. The second-order valence-corrected chi connectivity index (χ2v) is 7.25. The minimum Gasteiger partial charge on any atom is -0.496 e. The summed E-state index contributed by atoms with van der Waals surface area (Å²) in [6.45, 7) is 8.65. The van der Waals surface area contributed by atoms with Crippen molar-refractivity contribution >= 4 is 5.91 Å². The second-order valence-electron chi connectivity index (χ2n) is 7.25. The van der Waals surface area contributed by atoms with Crippen molar-refractivity contribution in [1.29, 1.82) is 0 Å². The zero-order valence-corrected chi connectivity index (χ0v) is 17.1. The quantitative estimate of drug-likeness (QED) is 0.736. The third-order valence-electron chi connectivity index (χ3n) is 5.52. The summed E-state index contributed by atoms with van der Waals surface area (Å²) < 4.78 is 11.2. The Bertz CT molecular complexity index is 792. The average Bonchev–Trinajstić information content (AvgIpc) is 2.88. The van der Waals surface area contributed by atoms with Gasteiger partial charge in [0.15, 0.2) is 0 Å². The lowest BCUT2D eigenvalue weighted by Gasteiger charge is -2.23. The van der Waals surface area contributed by atoms with Gasteiger partial charge < -0.3 is 14.4 Å². The van der Waals surface area contributed by atoms with E-state index in [0.717, 1.165) is 37.7 Å². The number of hydrogen-bond donors (Lipinski definition) is 0. The van der Waals surface area contributed by atoms with Gasteiger partial charge in [-0.3, -0.25) is 9.69 Å². The summed E-state index contributed by atoms with van der Waals surface area (Å²) in [5.41, 5.74) is 3.75. The molecule has 0 saturated carbocycles. The predicted octanol–water partition coefficient (Wildman–Crippen LogP) is 3.43. The molecule has 0 atom stereocenters. The van der Waals surface area contributed by atoms with Gasteiger partial charge in [0.05, 0.1) is 13.7 Å². The largest absolute Gasteiger partial charge is 0.496 e. The molecule has 0 spiro atoms. The number of amides is 1. The Morgan fingerprint density at radius 3 is 2.50 bits per heavy atom. The summed E-state index contributed by atoms with van der Waals surface area (Å²) >= 11 is 0. The van der Waals surface area contributed by atoms with E-state index in [1.54, 1.807) is 7.11 Å². The van der Waals surface area contributed by atoms with Crippen molar-refractivity contribution in [3.8, 4) is 11.5 Å². The normalized spacial score (nSPS) is 15.4. The fourth-order valence-electron chi connectivity index (χ4n) is 3.58. The monoisotopic (exact) mass is 382 g/mol. The Morgan fingerprint density at radius 1 is 0.964 bits per heavy atom. The zero-order chi connectivity index (χ0) is 19.9. The van der Waals surface area contributed by atoms with Crippen LogP contribution in [0.1, 0.15) is 23.1 Å². The van der Waals surface area contributed by atoms with Crippen LogP contribution in [0.4, 0.5) is 0 Å². The van der Waals surface area contributed by atoms with Gasteiger partial charge in [-0.25, -0.2) is 0 Å². The van der Waals surface area contributed by atoms with Gasteiger partial charge in [-0.15, -0.1) is 0 Å². The van der Waals surface area contributed by atoms with Crippen LogP contribution in [0.2, 0.25) is 0 Å². The maximum atomic E-state index is 12.5. The van der Waals surface area contributed by atoms with Crippen molar-refractivity contribution in [2.75, 3.05) is 39.9 Å². The molecule has 1 heterocycles. The molecular weight excluding hydrogens is 352 g/mol. The van der Waals surface area contributed by atoms with Gasteiger partial charge in [-0.2, -0.15) is 0 Å². The molecule has 2 aromatic rings. The van der Waals surface area contributed by atoms with Gasteiger partial charge in [0.1, 0.15) is 18.1 Å². The average molecular weight is 383 g/mol. The summed E-state index contributed by atoms with van der Waals surface area (Å²) in [7, 11) is 1.71. The van der Waals surface area contributed by atoms with Crippen LogP contribution >= 0.6 is 0 Å². The van der Waals surface area contributed by atoms with Crippen LogP contribution in [0, 0.1) is 13.8 Å². The summed E-state index contributed by atoms with van der Waals surface area (Å²) in [6, 6.07) is 13.9. The zero-order valence-electron chi connectivity index (χ0n) is 17.1. The minimum absolute atomic E-state index is 0.210. The van der Waals surface area contributed by atoms with Crippen LogP contribution in [0.5, 0.6) is 11.5 Å². The third-order valence-corrected chi connectivity index (χ3v) is 5.52. The fourth-order valence-corrected chi connectivity index (χ4v) is 3.58. The van der Waals surface area contributed by atoms with Crippen LogP contribution in [0.25, 0.3) is 0 Å².